The van der Waals surface area contributed by atoms with Crippen LogP contribution in [0.2, 0.25) is 0 Å². The summed E-state index contributed by atoms with van der Waals surface area (Å²) in [6.45, 7) is 6.28. The third kappa shape index (κ3) is 5.45. The highest BCUT2D eigenvalue weighted by molar-refractivity contribution is 5.82. The zero-order valence-electron chi connectivity index (χ0n) is 15.0. The number of amides is 1. The highest BCUT2D eigenvalue weighted by Gasteiger charge is 2.37. The molecule has 140 valence electrons. The van der Waals surface area contributed by atoms with Crippen LogP contribution in [0.15, 0.2) is 18.2 Å². The predicted molar refractivity (Wildman–Crippen MR) is 92.1 cm³/mol. The maximum absolute atomic E-state index is 13.3. The Labute approximate surface area is 147 Å². The molecule has 0 saturated carbocycles. The summed E-state index contributed by atoms with van der Waals surface area (Å²) < 4.78 is 31.2. The number of carbonyl (C=O) groups is 1. The summed E-state index contributed by atoms with van der Waals surface area (Å²) in [5, 5.41) is 6.24. The van der Waals surface area contributed by atoms with Crippen molar-refractivity contribution in [1.29, 1.82) is 0 Å². The molecule has 1 amide bonds. The molecule has 0 radical (unpaired) electrons. The predicted octanol–water partition coefficient (Wildman–Crippen LogP) is 1.67. The molecule has 5 nitrogen and oxygen atoms in total. The van der Waals surface area contributed by atoms with Gasteiger partial charge in [-0.15, -0.1) is 0 Å². The van der Waals surface area contributed by atoms with Crippen LogP contribution in [-0.2, 0) is 16.1 Å². The zero-order valence-corrected chi connectivity index (χ0v) is 15.0. The van der Waals surface area contributed by atoms with E-state index in [4.69, 9.17) is 4.74 Å². The van der Waals surface area contributed by atoms with Crippen molar-refractivity contribution in [3.8, 4) is 0 Å². The van der Waals surface area contributed by atoms with Crippen molar-refractivity contribution in [3.63, 3.8) is 0 Å². The molecular formula is C18H27F2N3O2. The first-order chi connectivity index (χ1) is 11.9. The molecule has 2 rings (SSSR count). The lowest BCUT2D eigenvalue weighted by molar-refractivity contribution is -0.126. The molecule has 2 N–H and O–H groups in total. The van der Waals surface area contributed by atoms with E-state index in [9.17, 15) is 13.6 Å². The topological polar surface area (TPSA) is 53.6 Å². The maximum atomic E-state index is 13.3. The van der Waals surface area contributed by atoms with E-state index in [0.29, 0.717) is 31.7 Å². The number of methoxy groups -OCH3 is 1. The second-order valence-corrected chi connectivity index (χ2v) is 6.65. The number of nitrogens with one attached hydrogen (secondary N) is 2. The Morgan fingerprint density at radius 1 is 1.36 bits per heavy atom. The number of hydrogen-bond donors (Lipinski definition) is 2. The van der Waals surface area contributed by atoms with Crippen molar-refractivity contribution in [3.05, 3.63) is 35.4 Å². The van der Waals surface area contributed by atoms with Crippen molar-refractivity contribution in [2.45, 2.75) is 44.9 Å². The fourth-order valence-corrected chi connectivity index (χ4v) is 3.14. The molecule has 1 aliphatic rings. The molecule has 7 heteroatoms. The third-order valence-corrected chi connectivity index (χ3v) is 4.49. The molecule has 1 heterocycles. The van der Waals surface area contributed by atoms with Gasteiger partial charge in [-0.05, 0) is 38.0 Å². The minimum Gasteiger partial charge on any atom is -0.383 e. The summed E-state index contributed by atoms with van der Waals surface area (Å²) in [5.74, 6) is -1.68. The fourth-order valence-electron chi connectivity index (χ4n) is 3.14. The lowest BCUT2D eigenvalue weighted by atomic mass is 10.1. The van der Waals surface area contributed by atoms with Gasteiger partial charge in [-0.2, -0.15) is 0 Å². The Balaban J connectivity index is 1.91. The van der Waals surface area contributed by atoms with Gasteiger partial charge in [-0.25, -0.2) is 8.78 Å². The van der Waals surface area contributed by atoms with E-state index in [0.717, 1.165) is 12.6 Å². The first-order valence-electron chi connectivity index (χ1n) is 8.62. The smallest absolute Gasteiger partial charge is 0.237 e. The summed E-state index contributed by atoms with van der Waals surface area (Å²) >= 11 is 0. The molecule has 25 heavy (non-hydrogen) atoms. The van der Waals surface area contributed by atoms with Crippen LogP contribution >= 0.6 is 0 Å². The summed E-state index contributed by atoms with van der Waals surface area (Å²) in [6.07, 6.45) is 0.681. The van der Waals surface area contributed by atoms with Crippen LogP contribution in [0, 0.1) is 11.6 Å². The number of halogens is 2. The normalized spacial score (nSPS) is 21.0. The lowest BCUT2D eigenvalue weighted by Gasteiger charge is -2.27. The van der Waals surface area contributed by atoms with Gasteiger partial charge >= 0.3 is 0 Å². The van der Waals surface area contributed by atoms with Gasteiger partial charge in [0, 0.05) is 38.8 Å². The molecule has 2 atom stereocenters. The van der Waals surface area contributed by atoms with Crippen LogP contribution < -0.4 is 10.6 Å². The Kier molecular flexibility index (Phi) is 7.28. The number of likely N-dealkylation sites (tertiary alicyclic amines) is 1. The molecule has 1 aliphatic heterocycles. The van der Waals surface area contributed by atoms with Gasteiger partial charge < -0.3 is 15.4 Å². The minimum atomic E-state index is -0.844. The van der Waals surface area contributed by atoms with Crippen LogP contribution in [0.1, 0.15) is 25.8 Å². The molecule has 1 fully saturated rings. The number of rotatable bonds is 8. The van der Waals surface area contributed by atoms with Crippen molar-refractivity contribution in [1.82, 2.24) is 15.5 Å². The summed E-state index contributed by atoms with van der Waals surface area (Å²) in [4.78, 5) is 14.6. The fraction of sp³-hybridized carbons (Fsp3) is 0.611. The standard InChI is InChI=1S/C18H27F2N3O2/c1-12(2)23-11-14(9-17(23)18(24)21-6-7-25-3)22-10-13-4-5-15(19)16(20)8-13/h4-5,8,12,14,17,22H,6-7,9-11H2,1-3H3,(H,21,24)/t14-,17+/m1/s1. The highest BCUT2D eigenvalue weighted by atomic mass is 19.2. The minimum absolute atomic E-state index is 0.00266. The van der Waals surface area contributed by atoms with Crippen LogP contribution in [0.4, 0.5) is 8.78 Å². The van der Waals surface area contributed by atoms with E-state index in [1.165, 1.54) is 6.07 Å². The summed E-state index contributed by atoms with van der Waals surface area (Å²) in [6, 6.07) is 4.07. The number of ether oxygens (including phenoxy) is 1. The van der Waals surface area contributed by atoms with E-state index in [-0.39, 0.29) is 24.0 Å². The van der Waals surface area contributed by atoms with Gasteiger partial charge in [0.15, 0.2) is 11.6 Å². The van der Waals surface area contributed by atoms with E-state index in [1.807, 2.05) is 0 Å². The molecule has 0 bridgehead atoms. The average molecular weight is 355 g/mol. The maximum Gasteiger partial charge on any atom is 0.237 e. The Hall–Kier alpha value is -1.57. The molecule has 1 aromatic rings. The largest absolute Gasteiger partial charge is 0.383 e. The van der Waals surface area contributed by atoms with Gasteiger partial charge in [0.2, 0.25) is 5.91 Å². The lowest BCUT2D eigenvalue weighted by Crippen LogP contribution is -2.46. The molecule has 1 saturated heterocycles. The number of nitrogens with zero attached hydrogens (tertiary/aromatic N) is 1. The Morgan fingerprint density at radius 3 is 2.76 bits per heavy atom. The van der Waals surface area contributed by atoms with Crippen LogP contribution in [0.3, 0.4) is 0 Å². The van der Waals surface area contributed by atoms with Crippen LogP contribution in [-0.4, -0.2) is 55.7 Å². The number of benzene rings is 1. The highest BCUT2D eigenvalue weighted by Crippen LogP contribution is 2.21. The van der Waals surface area contributed by atoms with Crippen LogP contribution in [0.25, 0.3) is 0 Å². The summed E-state index contributed by atoms with van der Waals surface area (Å²) in [7, 11) is 1.60. The summed E-state index contributed by atoms with van der Waals surface area (Å²) in [5.41, 5.74) is 0.683. The van der Waals surface area contributed by atoms with Crippen molar-refractivity contribution in [2.24, 2.45) is 0 Å². The second-order valence-electron chi connectivity index (χ2n) is 6.65. The third-order valence-electron chi connectivity index (χ3n) is 4.49. The van der Waals surface area contributed by atoms with Gasteiger partial charge in [-0.3, -0.25) is 9.69 Å². The van der Waals surface area contributed by atoms with E-state index in [2.05, 4.69) is 29.4 Å². The molecule has 0 unspecified atom stereocenters. The van der Waals surface area contributed by atoms with Gasteiger partial charge in [0.05, 0.1) is 12.6 Å². The first kappa shape index (κ1) is 19.8. The van der Waals surface area contributed by atoms with Crippen molar-refractivity contribution < 1.29 is 18.3 Å². The van der Waals surface area contributed by atoms with Gasteiger partial charge in [0.25, 0.3) is 0 Å². The van der Waals surface area contributed by atoms with Gasteiger partial charge in [-0.1, -0.05) is 6.07 Å². The van der Waals surface area contributed by atoms with Gasteiger partial charge in [0.1, 0.15) is 0 Å². The quantitative estimate of drug-likeness (QED) is 0.697. The van der Waals surface area contributed by atoms with E-state index in [1.54, 1.807) is 13.2 Å². The molecule has 0 aromatic heterocycles. The van der Waals surface area contributed by atoms with Crippen molar-refractivity contribution in [2.75, 3.05) is 26.8 Å². The zero-order chi connectivity index (χ0) is 18.4. The Bertz CT molecular complexity index is 583. The molecule has 0 aliphatic carbocycles. The van der Waals surface area contributed by atoms with E-state index >= 15 is 0 Å². The molecule has 0 spiro atoms. The molecule has 1 aromatic carbocycles. The average Bonchev–Trinajstić information content (AvgIpc) is 3.01. The first-order valence-corrected chi connectivity index (χ1v) is 8.62. The Morgan fingerprint density at radius 2 is 2.12 bits per heavy atom. The van der Waals surface area contributed by atoms with Crippen LogP contribution in [0.5, 0.6) is 0 Å². The number of carbonyl (C=O) groups excluding carboxylic acids is 1. The SMILES string of the molecule is COCCNC(=O)[C@@H]1C[C@@H](NCc2ccc(F)c(F)c2)CN1C(C)C. The van der Waals surface area contributed by atoms with Crippen molar-refractivity contribution >= 4 is 5.91 Å². The second kappa shape index (κ2) is 9.22. The monoisotopic (exact) mass is 355 g/mol. The van der Waals surface area contributed by atoms with E-state index < -0.39 is 11.6 Å². The number of hydrogen-bond acceptors (Lipinski definition) is 4. The molecular weight excluding hydrogens is 328 g/mol.